The number of carbonyl (C=O) groups excluding carboxylic acids is 1. The number of carbonyl (C=O) groups is 1. The van der Waals surface area contributed by atoms with Crippen LogP contribution in [0, 0.1) is 0 Å². The number of alkyl carbamates (subject to hydrolysis) is 1. The van der Waals surface area contributed by atoms with Gasteiger partial charge in [-0.2, -0.15) is 0 Å². The molecule has 9 heteroatoms. The molecule has 1 unspecified atom stereocenters. The summed E-state index contributed by atoms with van der Waals surface area (Å²) in [4.78, 5) is 12.2. The van der Waals surface area contributed by atoms with E-state index in [1.807, 2.05) is 24.3 Å². The van der Waals surface area contributed by atoms with Gasteiger partial charge in [0, 0.05) is 12.3 Å². The number of nitrogens with one attached hydrogen (secondary N) is 1. The predicted molar refractivity (Wildman–Crippen MR) is 135 cm³/mol. The molecule has 0 aliphatic heterocycles. The van der Waals surface area contributed by atoms with E-state index in [9.17, 15) is 17.8 Å². The molecule has 0 fully saturated rings. The van der Waals surface area contributed by atoms with Crippen LogP contribution >= 0.6 is 0 Å². The molecule has 0 spiro atoms. The van der Waals surface area contributed by atoms with Crippen LogP contribution in [-0.4, -0.2) is 38.5 Å². The third-order valence-electron chi connectivity index (χ3n) is 5.90. The topological polar surface area (TPSA) is 105 Å². The number of hydrogen-bond donors (Lipinski definition) is 1. The number of rotatable bonds is 20. The van der Waals surface area contributed by atoms with E-state index >= 15 is 0 Å². The van der Waals surface area contributed by atoms with E-state index in [0.717, 1.165) is 24.2 Å². The van der Waals surface area contributed by atoms with Crippen molar-refractivity contribution in [2.45, 2.75) is 103 Å². The Kier molecular flexibility index (Phi) is 20.8. The normalized spacial score (nSPS) is 12.0. The zero-order valence-electron chi connectivity index (χ0n) is 22.1. The first kappa shape index (κ1) is 34.2. The molecule has 0 saturated carbocycles. The molecule has 1 aromatic carbocycles. The van der Waals surface area contributed by atoms with Gasteiger partial charge in [-0.05, 0) is 37.0 Å². The summed E-state index contributed by atoms with van der Waals surface area (Å²) in [6.07, 6.45) is 14.9. The number of amides is 1. The molecular formula is C26H44NNaO6S. The number of methoxy groups -OCH3 is 1. The van der Waals surface area contributed by atoms with Gasteiger partial charge in [0.1, 0.15) is 11.9 Å². The van der Waals surface area contributed by atoms with Crippen LogP contribution in [0.1, 0.15) is 108 Å². The summed E-state index contributed by atoms with van der Waals surface area (Å²) in [5.74, 6) is 0.227. The first-order valence-electron chi connectivity index (χ1n) is 12.9. The maximum absolute atomic E-state index is 12.2. The smallest absolute Gasteiger partial charge is 0.748 e. The average Bonchev–Trinajstić information content (AvgIpc) is 2.81. The summed E-state index contributed by atoms with van der Waals surface area (Å²) < 4.78 is 42.9. The summed E-state index contributed by atoms with van der Waals surface area (Å²) in [6, 6.07) is 7.46. The number of ether oxygens (including phenoxy) is 2. The van der Waals surface area contributed by atoms with Crippen molar-refractivity contribution in [2.75, 3.05) is 19.4 Å². The maximum atomic E-state index is 12.2. The van der Waals surface area contributed by atoms with Gasteiger partial charge < -0.3 is 19.3 Å². The summed E-state index contributed by atoms with van der Waals surface area (Å²) in [6.45, 7) is 2.32. The number of unbranched alkanes of at least 4 members (excludes halogenated alkanes) is 11. The predicted octanol–water partition coefficient (Wildman–Crippen LogP) is 3.49. The van der Waals surface area contributed by atoms with E-state index in [4.69, 9.17) is 9.47 Å². The van der Waals surface area contributed by atoms with Crippen molar-refractivity contribution in [2.24, 2.45) is 0 Å². The zero-order valence-corrected chi connectivity index (χ0v) is 24.9. The van der Waals surface area contributed by atoms with Crippen molar-refractivity contribution < 1.29 is 56.8 Å². The van der Waals surface area contributed by atoms with Crippen LogP contribution in [0.4, 0.5) is 4.79 Å². The van der Waals surface area contributed by atoms with Gasteiger partial charge in [0.2, 0.25) is 0 Å². The first-order chi connectivity index (χ1) is 16.4. The molecule has 1 rings (SSSR count). The van der Waals surface area contributed by atoms with Crippen LogP contribution in [-0.2, 0) is 14.9 Å². The quantitative estimate of drug-likeness (QED) is 0.160. The Labute approximate surface area is 235 Å². The zero-order chi connectivity index (χ0) is 25.1. The first-order valence-corrected chi connectivity index (χ1v) is 14.5. The van der Waals surface area contributed by atoms with E-state index in [1.165, 1.54) is 64.2 Å². The summed E-state index contributed by atoms with van der Waals surface area (Å²) >= 11 is 0. The Morgan fingerprint density at radius 1 is 0.886 bits per heavy atom. The van der Waals surface area contributed by atoms with Gasteiger partial charge >= 0.3 is 35.7 Å². The van der Waals surface area contributed by atoms with Crippen LogP contribution in [0.15, 0.2) is 24.3 Å². The molecule has 0 aliphatic rings. The molecule has 0 saturated heterocycles. The van der Waals surface area contributed by atoms with Crippen LogP contribution in [0.2, 0.25) is 0 Å². The van der Waals surface area contributed by atoms with Crippen molar-refractivity contribution in [1.29, 1.82) is 0 Å². The van der Waals surface area contributed by atoms with Crippen molar-refractivity contribution >= 4 is 16.2 Å². The van der Waals surface area contributed by atoms with E-state index in [2.05, 4.69) is 12.2 Å². The van der Waals surface area contributed by atoms with Gasteiger partial charge in [-0.1, -0.05) is 89.7 Å². The van der Waals surface area contributed by atoms with E-state index in [1.54, 1.807) is 7.11 Å². The Balaban J connectivity index is 0.0000116. The van der Waals surface area contributed by atoms with Crippen molar-refractivity contribution in [3.8, 4) is 5.75 Å². The molecule has 1 aromatic rings. The molecule has 196 valence electrons. The molecule has 0 aromatic heterocycles. The number of benzene rings is 1. The van der Waals surface area contributed by atoms with E-state index in [-0.39, 0.29) is 42.5 Å². The average molecular weight is 522 g/mol. The number of hydrogen-bond acceptors (Lipinski definition) is 6. The minimum atomic E-state index is -4.28. The molecule has 0 radical (unpaired) electrons. The fraction of sp³-hybridized carbons (Fsp3) is 0.731. The largest absolute Gasteiger partial charge is 1.00 e. The van der Waals surface area contributed by atoms with Gasteiger partial charge in [0.15, 0.2) is 0 Å². The molecular weight excluding hydrogens is 477 g/mol. The fourth-order valence-electron chi connectivity index (χ4n) is 3.89. The summed E-state index contributed by atoms with van der Waals surface area (Å²) in [7, 11) is -2.68. The van der Waals surface area contributed by atoms with E-state index < -0.39 is 28.1 Å². The molecule has 1 atom stereocenters. The summed E-state index contributed by atoms with van der Waals surface area (Å²) in [5.41, 5.74) is 0.890. The fourth-order valence-corrected chi connectivity index (χ4v) is 4.39. The van der Waals surface area contributed by atoms with Crippen LogP contribution in [0.5, 0.6) is 5.75 Å². The molecule has 0 heterocycles. The van der Waals surface area contributed by atoms with E-state index in [0.29, 0.717) is 6.42 Å². The second-order valence-electron chi connectivity index (χ2n) is 8.89. The summed E-state index contributed by atoms with van der Waals surface area (Å²) in [5, 5.41) is 2.54. The molecule has 0 bridgehead atoms. The van der Waals surface area contributed by atoms with Gasteiger partial charge in [0.05, 0.1) is 17.2 Å². The molecule has 7 nitrogen and oxygen atoms in total. The Morgan fingerprint density at radius 3 is 1.89 bits per heavy atom. The standard InChI is InChI=1S/C26H45NO6S.Na/c1-3-4-5-6-7-8-9-10-11-12-13-14-16-25(23-17-19-24(32-2)20-18-23)33-26(28)27-21-15-22-34(29,30)31;/h17-20,25H,3-16,21-22H2,1-2H3,(H,27,28)(H,29,30,31);/q;+1/p-1. The van der Waals surface area contributed by atoms with Crippen LogP contribution in [0.25, 0.3) is 0 Å². The second kappa shape index (κ2) is 21.3. The van der Waals surface area contributed by atoms with Crippen molar-refractivity contribution in [1.82, 2.24) is 5.32 Å². The second-order valence-corrected chi connectivity index (χ2v) is 10.4. The van der Waals surface area contributed by atoms with Crippen LogP contribution < -0.4 is 39.6 Å². The van der Waals surface area contributed by atoms with Gasteiger partial charge in [0.25, 0.3) is 0 Å². The minimum absolute atomic E-state index is 0. The van der Waals surface area contributed by atoms with Crippen molar-refractivity contribution in [3.05, 3.63) is 29.8 Å². The third-order valence-corrected chi connectivity index (χ3v) is 6.69. The molecule has 1 N–H and O–H groups in total. The Bertz CT molecular complexity index is 758. The SMILES string of the molecule is CCCCCCCCCCCCCCC(OC(=O)NCCCS(=O)(=O)[O-])c1ccc(OC)cc1.[Na+]. The van der Waals surface area contributed by atoms with Crippen molar-refractivity contribution in [3.63, 3.8) is 0 Å². The molecule has 35 heavy (non-hydrogen) atoms. The molecule has 0 aliphatic carbocycles. The van der Waals surface area contributed by atoms with Crippen LogP contribution in [0.3, 0.4) is 0 Å². The van der Waals surface area contributed by atoms with Gasteiger partial charge in [-0.25, -0.2) is 13.2 Å². The minimum Gasteiger partial charge on any atom is -0.748 e. The van der Waals surface area contributed by atoms with Gasteiger partial charge in [-0.3, -0.25) is 0 Å². The third kappa shape index (κ3) is 19.0. The van der Waals surface area contributed by atoms with Gasteiger partial charge in [-0.15, -0.1) is 0 Å². The molecule has 1 amide bonds. The maximum Gasteiger partial charge on any atom is 1.00 e. The Morgan fingerprint density at radius 2 is 1.40 bits per heavy atom. The monoisotopic (exact) mass is 521 g/mol. The Hall–Kier alpha value is -0.800.